The van der Waals surface area contributed by atoms with Gasteiger partial charge in [-0.3, -0.25) is 14.5 Å². The van der Waals surface area contributed by atoms with Crippen molar-refractivity contribution < 1.29 is 14.3 Å². The van der Waals surface area contributed by atoms with Gasteiger partial charge in [0, 0.05) is 18.2 Å². The van der Waals surface area contributed by atoms with Gasteiger partial charge in [-0.2, -0.15) is 0 Å². The topological polar surface area (TPSA) is 46.6 Å². The number of ether oxygens (including phenoxy) is 1. The number of nitrogens with zero attached hydrogens (tertiary/aromatic N) is 1. The third kappa shape index (κ3) is 2.99. The second-order valence-electron chi connectivity index (χ2n) is 6.04. The first kappa shape index (κ1) is 13.3. The van der Waals surface area contributed by atoms with Gasteiger partial charge < -0.3 is 4.74 Å². The van der Waals surface area contributed by atoms with E-state index in [0.717, 1.165) is 25.7 Å². The molecule has 4 nitrogen and oxygen atoms in total. The second kappa shape index (κ2) is 4.84. The Hall–Kier alpha value is -1.16. The summed E-state index contributed by atoms with van der Waals surface area (Å²) in [7, 11) is 0. The Bertz CT molecular complexity index is 355. The molecule has 0 spiro atoms. The molecule has 0 N–H and O–H groups in total. The monoisotopic (exact) mass is 251 g/mol. The van der Waals surface area contributed by atoms with E-state index in [1.165, 1.54) is 17.1 Å². The van der Waals surface area contributed by atoms with Crippen LogP contribution in [0, 0.1) is 0 Å². The highest BCUT2D eigenvalue weighted by Gasteiger charge is 2.34. The first-order valence-corrected chi connectivity index (χ1v) is 6.60. The van der Waals surface area contributed by atoms with Crippen molar-refractivity contribution in [2.24, 2.45) is 0 Å². The van der Waals surface area contributed by atoms with Gasteiger partial charge in [0.25, 0.3) is 11.8 Å². The van der Waals surface area contributed by atoms with Crippen molar-refractivity contribution in [3.63, 3.8) is 0 Å². The SMILES string of the molecule is CC(C)(C)OC1CCC(N2C(=O)C=CC2=O)CC1. The van der Waals surface area contributed by atoms with Crippen LogP contribution in [0.15, 0.2) is 12.2 Å². The highest BCUT2D eigenvalue weighted by Crippen LogP contribution is 2.29. The Balaban J connectivity index is 1.87. The van der Waals surface area contributed by atoms with E-state index in [4.69, 9.17) is 4.74 Å². The molecule has 2 rings (SSSR count). The van der Waals surface area contributed by atoms with Gasteiger partial charge in [0.15, 0.2) is 0 Å². The molecule has 2 aliphatic rings. The van der Waals surface area contributed by atoms with E-state index in [2.05, 4.69) is 20.8 Å². The van der Waals surface area contributed by atoms with Crippen molar-refractivity contribution in [1.82, 2.24) is 4.90 Å². The van der Waals surface area contributed by atoms with Crippen LogP contribution in [0.3, 0.4) is 0 Å². The van der Waals surface area contributed by atoms with Crippen molar-refractivity contribution in [1.29, 1.82) is 0 Å². The number of carbonyl (C=O) groups is 2. The van der Waals surface area contributed by atoms with Crippen LogP contribution in [0.25, 0.3) is 0 Å². The Morgan fingerprint density at radius 1 is 1.06 bits per heavy atom. The molecule has 1 heterocycles. The summed E-state index contributed by atoms with van der Waals surface area (Å²) < 4.78 is 5.94. The molecule has 0 bridgehead atoms. The number of hydrogen-bond donors (Lipinski definition) is 0. The Labute approximate surface area is 108 Å². The number of imide groups is 1. The lowest BCUT2D eigenvalue weighted by molar-refractivity contribution is -0.142. The molecule has 0 aromatic rings. The number of rotatable bonds is 2. The smallest absolute Gasteiger partial charge is 0.253 e. The lowest BCUT2D eigenvalue weighted by Crippen LogP contribution is -2.43. The van der Waals surface area contributed by atoms with Crippen molar-refractivity contribution in [2.45, 2.75) is 64.2 Å². The summed E-state index contributed by atoms with van der Waals surface area (Å²) in [5.74, 6) is -0.333. The maximum atomic E-state index is 11.6. The fourth-order valence-electron chi connectivity index (χ4n) is 2.69. The molecule has 1 fully saturated rings. The summed E-state index contributed by atoms with van der Waals surface area (Å²) in [6, 6.07) is 0.0554. The summed E-state index contributed by atoms with van der Waals surface area (Å²) in [6.45, 7) is 6.16. The third-order valence-corrected chi connectivity index (χ3v) is 3.37. The minimum atomic E-state index is -0.166. The van der Waals surface area contributed by atoms with E-state index >= 15 is 0 Å². The molecule has 0 unspecified atom stereocenters. The molecule has 100 valence electrons. The molecule has 0 aromatic heterocycles. The van der Waals surface area contributed by atoms with Crippen LogP contribution >= 0.6 is 0 Å². The molecule has 0 aromatic carbocycles. The van der Waals surface area contributed by atoms with E-state index in [0.29, 0.717) is 0 Å². The lowest BCUT2D eigenvalue weighted by atomic mass is 9.91. The van der Waals surface area contributed by atoms with E-state index in [1.807, 2.05) is 0 Å². The summed E-state index contributed by atoms with van der Waals surface area (Å²) in [6.07, 6.45) is 6.50. The second-order valence-corrected chi connectivity index (χ2v) is 6.04. The molecular formula is C14H21NO3. The Kier molecular flexibility index (Phi) is 3.57. The number of amides is 2. The summed E-state index contributed by atoms with van der Waals surface area (Å²) >= 11 is 0. The largest absolute Gasteiger partial charge is 0.373 e. The highest BCUT2D eigenvalue weighted by atomic mass is 16.5. The van der Waals surface area contributed by atoms with Gasteiger partial charge in [-0.25, -0.2) is 0 Å². The molecule has 2 amide bonds. The van der Waals surface area contributed by atoms with Crippen LogP contribution in [-0.4, -0.2) is 34.5 Å². The summed E-state index contributed by atoms with van der Waals surface area (Å²) in [5, 5.41) is 0. The van der Waals surface area contributed by atoms with E-state index < -0.39 is 0 Å². The maximum absolute atomic E-state index is 11.6. The fourth-order valence-corrected chi connectivity index (χ4v) is 2.69. The van der Waals surface area contributed by atoms with E-state index in [9.17, 15) is 9.59 Å². The van der Waals surface area contributed by atoms with Gasteiger partial charge in [0.1, 0.15) is 0 Å². The normalized spacial score (nSPS) is 29.2. The van der Waals surface area contributed by atoms with Crippen LogP contribution < -0.4 is 0 Å². The van der Waals surface area contributed by atoms with Gasteiger partial charge in [0.05, 0.1) is 11.7 Å². The standard InChI is InChI=1S/C14H21NO3/c1-14(2,3)18-11-6-4-10(5-7-11)15-12(16)8-9-13(15)17/h8-11H,4-7H2,1-3H3. The number of carbonyl (C=O) groups excluding carboxylic acids is 2. The van der Waals surface area contributed by atoms with Crippen LogP contribution in [0.4, 0.5) is 0 Å². The van der Waals surface area contributed by atoms with E-state index in [-0.39, 0.29) is 29.6 Å². The average Bonchev–Trinajstić information content (AvgIpc) is 2.58. The zero-order chi connectivity index (χ0) is 13.3. The predicted octanol–water partition coefficient (Wildman–Crippen LogP) is 2.04. The quantitative estimate of drug-likeness (QED) is 0.706. The van der Waals surface area contributed by atoms with Crippen molar-refractivity contribution in [3.05, 3.63) is 12.2 Å². The molecule has 18 heavy (non-hydrogen) atoms. The number of hydrogen-bond acceptors (Lipinski definition) is 3. The summed E-state index contributed by atoms with van der Waals surface area (Å²) in [4.78, 5) is 24.6. The predicted molar refractivity (Wildman–Crippen MR) is 67.9 cm³/mol. The molecule has 0 atom stereocenters. The van der Waals surface area contributed by atoms with Gasteiger partial charge in [-0.05, 0) is 46.5 Å². The Morgan fingerprint density at radius 2 is 1.56 bits per heavy atom. The van der Waals surface area contributed by atoms with Crippen LogP contribution in [0.1, 0.15) is 46.5 Å². The lowest BCUT2D eigenvalue weighted by Gasteiger charge is -2.36. The van der Waals surface area contributed by atoms with Crippen molar-refractivity contribution >= 4 is 11.8 Å². The minimum Gasteiger partial charge on any atom is -0.373 e. The maximum Gasteiger partial charge on any atom is 0.253 e. The van der Waals surface area contributed by atoms with Gasteiger partial charge in [-0.15, -0.1) is 0 Å². The van der Waals surface area contributed by atoms with Crippen LogP contribution in [-0.2, 0) is 14.3 Å². The first-order chi connectivity index (χ1) is 8.37. The molecule has 0 radical (unpaired) electrons. The van der Waals surface area contributed by atoms with E-state index in [1.54, 1.807) is 0 Å². The molecule has 1 aliphatic carbocycles. The molecule has 4 heteroatoms. The molecule has 0 saturated heterocycles. The Morgan fingerprint density at radius 3 is 2.00 bits per heavy atom. The first-order valence-electron chi connectivity index (χ1n) is 6.60. The zero-order valence-electron chi connectivity index (χ0n) is 11.3. The minimum absolute atomic E-state index is 0.0554. The summed E-state index contributed by atoms with van der Waals surface area (Å²) in [5.41, 5.74) is -0.127. The van der Waals surface area contributed by atoms with Crippen molar-refractivity contribution in [2.75, 3.05) is 0 Å². The molecule has 1 saturated carbocycles. The fraction of sp³-hybridized carbons (Fsp3) is 0.714. The van der Waals surface area contributed by atoms with Gasteiger partial charge >= 0.3 is 0 Å². The molecule has 1 aliphatic heterocycles. The van der Waals surface area contributed by atoms with Gasteiger partial charge in [-0.1, -0.05) is 0 Å². The molecular weight excluding hydrogens is 230 g/mol. The van der Waals surface area contributed by atoms with Crippen molar-refractivity contribution in [3.8, 4) is 0 Å². The van der Waals surface area contributed by atoms with Gasteiger partial charge in [0.2, 0.25) is 0 Å². The zero-order valence-corrected chi connectivity index (χ0v) is 11.3. The van der Waals surface area contributed by atoms with Crippen LogP contribution in [0.5, 0.6) is 0 Å². The third-order valence-electron chi connectivity index (χ3n) is 3.37. The van der Waals surface area contributed by atoms with Crippen LogP contribution in [0.2, 0.25) is 0 Å². The average molecular weight is 251 g/mol. The highest BCUT2D eigenvalue weighted by molar-refractivity contribution is 6.13.